The minimum atomic E-state index is -1.38. The number of rotatable bonds is 23. The topological polar surface area (TPSA) is 214 Å². The van der Waals surface area contributed by atoms with Gasteiger partial charge in [0, 0.05) is 6.42 Å². The van der Waals surface area contributed by atoms with Gasteiger partial charge in [-0.05, 0) is 25.2 Å². The molecule has 39 heavy (non-hydrogen) atoms. The molecule has 0 radical (unpaired) electrons. The Morgan fingerprint density at radius 1 is 0.744 bits per heavy atom. The smallest absolute Gasteiger partial charge is 0.243 e. The fraction of sp³-hybridized carbons (Fsp3) is 0.815. The molecule has 0 unspecified atom stereocenters. The van der Waals surface area contributed by atoms with E-state index >= 15 is 0 Å². The predicted octanol–water partition coefficient (Wildman–Crippen LogP) is 0.512. The lowest BCUT2D eigenvalue weighted by Crippen LogP contribution is -2.56. The van der Waals surface area contributed by atoms with Crippen molar-refractivity contribution in [1.82, 2.24) is 16.0 Å². The average Bonchev–Trinajstić information content (AvgIpc) is 2.84. The summed E-state index contributed by atoms with van der Waals surface area (Å²) in [7, 11) is 0. The summed E-state index contributed by atoms with van der Waals surface area (Å²) >= 11 is 0. The Labute approximate surface area is 232 Å². The van der Waals surface area contributed by atoms with Gasteiger partial charge in [-0.25, -0.2) is 0 Å². The van der Waals surface area contributed by atoms with Gasteiger partial charge in [0.2, 0.25) is 29.5 Å². The Hall–Kier alpha value is -2.73. The predicted molar refractivity (Wildman–Crippen MR) is 148 cm³/mol. The van der Waals surface area contributed by atoms with E-state index in [4.69, 9.17) is 11.5 Å². The molecule has 12 nitrogen and oxygen atoms in total. The maximum atomic E-state index is 13.0. The molecular formula is C27H51N5O7. The molecule has 0 heterocycles. The average molecular weight is 558 g/mol. The van der Waals surface area contributed by atoms with Crippen LogP contribution < -0.4 is 27.4 Å². The molecule has 0 aliphatic carbocycles. The molecule has 4 atom stereocenters. The molecule has 226 valence electrons. The summed E-state index contributed by atoms with van der Waals surface area (Å²) in [4.78, 5) is 61.2. The summed E-state index contributed by atoms with van der Waals surface area (Å²) in [5, 5.41) is 27.3. The van der Waals surface area contributed by atoms with Crippen molar-refractivity contribution in [2.75, 3.05) is 6.61 Å². The summed E-state index contributed by atoms with van der Waals surface area (Å²) < 4.78 is 0. The zero-order valence-electron chi connectivity index (χ0n) is 23.9. The first-order chi connectivity index (χ1) is 18.4. The van der Waals surface area contributed by atoms with Crippen LogP contribution in [-0.2, 0) is 24.0 Å². The number of unbranched alkanes of at least 4 members (excludes halogenated alkanes) is 6. The van der Waals surface area contributed by atoms with Gasteiger partial charge in [0.1, 0.15) is 12.1 Å². The van der Waals surface area contributed by atoms with Crippen LogP contribution in [0.5, 0.6) is 0 Å². The monoisotopic (exact) mass is 557 g/mol. The highest BCUT2D eigenvalue weighted by Gasteiger charge is 2.29. The van der Waals surface area contributed by atoms with Gasteiger partial charge in [-0.1, -0.05) is 65.7 Å². The molecule has 0 saturated heterocycles. The van der Waals surface area contributed by atoms with Crippen molar-refractivity contribution in [3.8, 4) is 0 Å². The van der Waals surface area contributed by atoms with Crippen LogP contribution in [0.3, 0.4) is 0 Å². The number of hydrogen-bond donors (Lipinski definition) is 7. The third-order valence-corrected chi connectivity index (χ3v) is 6.25. The first-order valence-electron chi connectivity index (χ1n) is 14.1. The molecule has 5 amide bonds. The second-order valence-corrected chi connectivity index (χ2v) is 10.6. The van der Waals surface area contributed by atoms with Gasteiger partial charge in [-0.2, -0.15) is 0 Å². The lowest BCUT2D eigenvalue weighted by molar-refractivity contribution is -0.134. The Kier molecular flexibility index (Phi) is 19.7. The van der Waals surface area contributed by atoms with Crippen LogP contribution in [0, 0.1) is 5.92 Å². The number of aliphatic hydroxyl groups excluding tert-OH is 2. The van der Waals surface area contributed by atoms with Gasteiger partial charge in [0.05, 0.1) is 31.6 Å². The molecule has 0 bridgehead atoms. The number of aliphatic hydroxyl groups is 2. The number of carbonyl (C=O) groups is 5. The highest BCUT2D eigenvalue weighted by Crippen LogP contribution is 2.11. The van der Waals surface area contributed by atoms with E-state index in [0.717, 1.165) is 25.7 Å². The van der Waals surface area contributed by atoms with E-state index in [1.165, 1.54) is 19.3 Å². The highest BCUT2D eigenvalue weighted by molar-refractivity contribution is 5.95. The van der Waals surface area contributed by atoms with Crippen LogP contribution in [0.25, 0.3) is 0 Å². The molecule has 0 spiro atoms. The van der Waals surface area contributed by atoms with E-state index < -0.39 is 60.2 Å². The number of primary amides is 2. The largest absolute Gasteiger partial charge is 0.394 e. The number of nitrogens with two attached hydrogens (primary N) is 2. The fourth-order valence-electron chi connectivity index (χ4n) is 4.19. The molecule has 0 saturated carbocycles. The summed E-state index contributed by atoms with van der Waals surface area (Å²) in [6.07, 6.45) is 6.43. The standard InChI is InChI=1S/C27H51N5O7/c1-4-5-6-7-8-9-10-11-20(34)15-25(37)31-22(16-24(29)36)27(39)32-21(12-13-23(28)35)26(38)30-19(17-33)14-18(2)3/h18-22,33-34H,4-17H2,1-3H3,(H2,28,35)(H2,29,36)(H,30,38)(H,31,37)(H,32,39)/t19-,20-,21-,22-/m0/s1. The molecular weight excluding hydrogens is 506 g/mol. The molecule has 0 aromatic carbocycles. The van der Waals surface area contributed by atoms with Crippen LogP contribution in [0.2, 0.25) is 0 Å². The van der Waals surface area contributed by atoms with Gasteiger partial charge in [0.15, 0.2) is 0 Å². The number of amides is 5. The van der Waals surface area contributed by atoms with E-state index in [9.17, 15) is 34.2 Å². The second kappa shape index (κ2) is 21.1. The molecule has 12 heteroatoms. The summed E-state index contributed by atoms with van der Waals surface area (Å²) in [5.41, 5.74) is 10.5. The first-order valence-corrected chi connectivity index (χ1v) is 14.1. The summed E-state index contributed by atoms with van der Waals surface area (Å²) in [6, 6.07) is -3.15. The van der Waals surface area contributed by atoms with E-state index in [1.807, 2.05) is 13.8 Å². The molecule has 0 aromatic rings. The van der Waals surface area contributed by atoms with Crippen LogP contribution >= 0.6 is 0 Å². The quantitative estimate of drug-likeness (QED) is 0.0883. The van der Waals surface area contributed by atoms with Crippen molar-refractivity contribution in [2.24, 2.45) is 17.4 Å². The van der Waals surface area contributed by atoms with E-state index in [2.05, 4.69) is 22.9 Å². The lowest BCUT2D eigenvalue weighted by atomic mass is 10.0. The summed E-state index contributed by atoms with van der Waals surface area (Å²) in [5.74, 6) is -3.48. The van der Waals surface area contributed by atoms with Crippen molar-refractivity contribution in [1.29, 1.82) is 0 Å². The third kappa shape index (κ3) is 19.0. The molecule has 0 aliphatic rings. The van der Waals surface area contributed by atoms with Crippen LogP contribution in [0.1, 0.15) is 104 Å². The number of nitrogens with one attached hydrogen (secondary N) is 3. The normalized spacial score (nSPS) is 14.2. The van der Waals surface area contributed by atoms with E-state index in [1.54, 1.807) is 0 Å². The van der Waals surface area contributed by atoms with Gasteiger partial charge < -0.3 is 37.6 Å². The second-order valence-electron chi connectivity index (χ2n) is 10.6. The van der Waals surface area contributed by atoms with Crippen LogP contribution in [-0.4, -0.2) is 70.6 Å². The Bertz CT molecular complexity index is 763. The van der Waals surface area contributed by atoms with Crippen LogP contribution in [0.15, 0.2) is 0 Å². The maximum absolute atomic E-state index is 13.0. The molecule has 9 N–H and O–H groups in total. The van der Waals surface area contributed by atoms with Crippen LogP contribution in [0.4, 0.5) is 0 Å². The summed E-state index contributed by atoms with van der Waals surface area (Å²) in [6.45, 7) is 5.68. The zero-order valence-corrected chi connectivity index (χ0v) is 23.9. The Balaban J connectivity index is 5.10. The van der Waals surface area contributed by atoms with Gasteiger partial charge in [0.25, 0.3) is 0 Å². The van der Waals surface area contributed by atoms with Gasteiger partial charge in [-0.3, -0.25) is 24.0 Å². The fourth-order valence-corrected chi connectivity index (χ4v) is 4.19. The lowest BCUT2D eigenvalue weighted by Gasteiger charge is -2.25. The third-order valence-electron chi connectivity index (χ3n) is 6.25. The molecule has 0 aliphatic heterocycles. The Morgan fingerprint density at radius 3 is 1.87 bits per heavy atom. The van der Waals surface area contributed by atoms with Crippen molar-refractivity contribution >= 4 is 29.5 Å². The molecule has 0 aromatic heterocycles. The highest BCUT2D eigenvalue weighted by atomic mass is 16.3. The maximum Gasteiger partial charge on any atom is 0.243 e. The van der Waals surface area contributed by atoms with E-state index in [-0.39, 0.29) is 31.8 Å². The molecule has 0 rings (SSSR count). The first kappa shape index (κ1) is 36.3. The van der Waals surface area contributed by atoms with E-state index in [0.29, 0.717) is 12.8 Å². The van der Waals surface area contributed by atoms with Gasteiger partial charge >= 0.3 is 0 Å². The minimum absolute atomic E-state index is 0.124. The number of hydrogen-bond acceptors (Lipinski definition) is 7. The molecule has 0 fully saturated rings. The SMILES string of the molecule is CCCCCCCCC[C@H](O)CC(=O)N[C@@H](CC(N)=O)C(=O)N[C@@H](CCC(N)=O)C(=O)N[C@H](CO)CC(C)C. The Morgan fingerprint density at radius 2 is 1.33 bits per heavy atom. The van der Waals surface area contributed by atoms with Gasteiger partial charge in [-0.15, -0.1) is 0 Å². The minimum Gasteiger partial charge on any atom is -0.394 e. The van der Waals surface area contributed by atoms with Crippen molar-refractivity contribution < 1.29 is 34.2 Å². The van der Waals surface area contributed by atoms with Crippen molar-refractivity contribution in [2.45, 2.75) is 128 Å². The van der Waals surface area contributed by atoms with Crippen molar-refractivity contribution in [3.05, 3.63) is 0 Å². The number of carbonyl (C=O) groups excluding carboxylic acids is 5. The van der Waals surface area contributed by atoms with Crippen molar-refractivity contribution in [3.63, 3.8) is 0 Å². The zero-order chi connectivity index (χ0) is 29.8.